The van der Waals surface area contributed by atoms with Gasteiger partial charge in [-0.3, -0.25) is 4.39 Å². The minimum Gasteiger partial charge on any atom is -0.312 e. The van der Waals surface area contributed by atoms with Crippen molar-refractivity contribution in [2.24, 2.45) is 5.41 Å². The van der Waals surface area contributed by atoms with Crippen LogP contribution in [0.5, 0.6) is 0 Å². The molecule has 1 aliphatic heterocycles. The SMILES string of the molecule is CN1CCC(NCC2(CF)CC2)C1. The number of halogens is 1. The van der Waals surface area contributed by atoms with Gasteiger partial charge in [-0.2, -0.15) is 0 Å². The van der Waals surface area contributed by atoms with E-state index in [0.717, 1.165) is 25.9 Å². The minimum absolute atomic E-state index is 0.0428. The zero-order valence-electron chi connectivity index (χ0n) is 8.35. The Morgan fingerprint density at radius 3 is 2.77 bits per heavy atom. The maximum Gasteiger partial charge on any atom is 0.0962 e. The highest BCUT2D eigenvalue weighted by Crippen LogP contribution is 2.45. The number of hydrogen-bond acceptors (Lipinski definition) is 2. The van der Waals surface area contributed by atoms with Crippen LogP contribution in [0.15, 0.2) is 0 Å². The van der Waals surface area contributed by atoms with Gasteiger partial charge in [-0.15, -0.1) is 0 Å². The summed E-state index contributed by atoms with van der Waals surface area (Å²) in [6, 6.07) is 0.606. The molecule has 0 aromatic carbocycles. The molecule has 2 nitrogen and oxygen atoms in total. The maximum absolute atomic E-state index is 12.5. The average molecular weight is 186 g/mol. The summed E-state index contributed by atoms with van der Waals surface area (Å²) in [5.41, 5.74) is 0.0428. The molecule has 0 aromatic rings. The van der Waals surface area contributed by atoms with Gasteiger partial charge in [-0.25, -0.2) is 0 Å². The first-order valence-corrected chi connectivity index (χ1v) is 5.22. The topological polar surface area (TPSA) is 15.3 Å². The molecular formula is C10H19FN2. The maximum atomic E-state index is 12.5. The number of hydrogen-bond donors (Lipinski definition) is 1. The van der Waals surface area contributed by atoms with E-state index in [-0.39, 0.29) is 12.1 Å². The van der Waals surface area contributed by atoms with E-state index in [1.165, 1.54) is 13.0 Å². The lowest BCUT2D eigenvalue weighted by atomic mass is 10.1. The highest BCUT2D eigenvalue weighted by molar-refractivity contribution is 4.95. The summed E-state index contributed by atoms with van der Waals surface area (Å²) in [4.78, 5) is 2.33. The molecule has 0 bridgehead atoms. The van der Waals surface area contributed by atoms with E-state index >= 15 is 0 Å². The van der Waals surface area contributed by atoms with Gasteiger partial charge < -0.3 is 10.2 Å². The summed E-state index contributed by atoms with van der Waals surface area (Å²) in [5.74, 6) is 0. The van der Waals surface area contributed by atoms with E-state index in [4.69, 9.17) is 0 Å². The fourth-order valence-electron chi connectivity index (χ4n) is 2.00. The smallest absolute Gasteiger partial charge is 0.0962 e. The largest absolute Gasteiger partial charge is 0.312 e. The predicted molar refractivity (Wildman–Crippen MR) is 51.5 cm³/mol. The van der Waals surface area contributed by atoms with Crippen LogP contribution in [0.2, 0.25) is 0 Å². The van der Waals surface area contributed by atoms with Gasteiger partial charge in [-0.05, 0) is 32.9 Å². The van der Waals surface area contributed by atoms with Gasteiger partial charge in [0, 0.05) is 24.5 Å². The third-order valence-corrected chi connectivity index (χ3v) is 3.40. The number of rotatable bonds is 4. The summed E-state index contributed by atoms with van der Waals surface area (Å²) in [5, 5.41) is 3.48. The summed E-state index contributed by atoms with van der Waals surface area (Å²) in [6.07, 6.45) is 3.39. The van der Waals surface area contributed by atoms with Crippen molar-refractivity contribution in [1.82, 2.24) is 10.2 Å². The van der Waals surface area contributed by atoms with Crippen LogP contribution < -0.4 is 5.32 Å². The van der Waals surface area contributed by atoms with Gasteiger partial charge in [-0.1, -0.05) is 0 Å². The molecule has 2 fully saturated rings. The molecule has 3 heteroatoms. The summed E-state index contributed by atoms with van der Waals surface area (Å²) in [6.45, 7) is 3.06. The molecule has 1 saturated heterocycles. The lowest BCUT2D eigenvalue weighted by Gasteiger charge is -2.16. The van der Waals surface area contributed by atoms with Crippen molar-refractivity contribution in [3.63, 3.8) is 0 Å². The minimum atomic E-state index is -0.136. The second-order valence-electron chi connectivity index (χ2n) is 4.76. The number of likely N-dealkylation sites (tertiary alicyclic amines) is 1. The van der Waals surface area contributed by atoms with E-state index in [0.29, 0.717) is 6.04 Å². The zero-order valence-corrected chi connectivity index (χ0v) is 8.35. The Bertz CT molecular complexity index is 180. The van der Waals surface area contributed by atoms with Crippen molar-refractivity contribution in [1.29, 1.82) is 0 Å². The van der Waals surface area contributed by atoms with E-state index in [9.17, 15) is 4.39 Å². The Hall–Kier alpha value is -0.150. The molecule has 0 radical (unpaired) electrons. The molecule has 1 aliphatic carbocycles. The second kappa shape index (κ2) is 3.54. The lowest BCUT2D eigenvalue weighted by Crippen LogP contribution is -2.36. The van der Waals surface area contributed by atoms with Gasteiger partial charge in [0.2, 0.25) is 0 Å². The van der Waals surface area contributed by atoms with Crippen LogP contribution in [0.4, 0.5) is 4.39 Å². The van der Waals surface area contributed by atoms with Crippen molar-refractivity contribution in [2.75, 3.05) is 33.4 Å². The van der Waals surface area contributed by atoms with Crippen molar-refractivity contribution < 1.29 is 4.39 Å². The highest BCUT2D eigenvalue weighted by atomic mass is 19.1. The van der Waals surface area contributed by atoms with Crippen LogP contribution in [-0.4, -0.2) is 44.3 Å². The average Bonchev–Trinajstić information content (AvgIpc) is 2.81. The van der Waals surface area contributed by atoms with Crippen LogP contribution in [0.3, 0.4) is 0 Å². The van der Waals surface area contributed by atoms with E-state index in [1.54, 1.807) is 0 Å². The molecule has 0 spiro atoms. The van der Waals surface area contributed by atoms with Gasteiger partial charge in [0.15, 0.2) is 0 Å². The Morgan fingerprint density at radius 1 is 1.54 bits per heavy atom. The van der Waals surface area contributed by atoms with Crippen LogP contribution >= 0.6 is 0 Å². The summed E-state index contributed by atoms with van der Waals surface area (Å²) < 4.78 is 12.5. The fraction of sp³-hybridized carbons (Fsp3) is 1.00. The van der Waals surface area contributed by atoms with Gasteiger partial charge in [0.1, 0.15) is 0 Å². The highest BCUT2D eigenvalue weighted by Gasteiger charge is 2.42. The van der Waals surface area contributed by atoms with Gasteiger partial charge >= 0.3 is 0 Å². The first kappa shape index (κ1) is 9.41. The van der Waals surface area contributed by atoms with Gasteiger partial charge in [0.25, 0.3) is 0 Å². The molecule has 0 aromatic heterocycles. The van der Waals surface area contributed by atoms with Crippen molar-refractivity contribution in [3.8, 4) is 0 Å². The van der Waals surface area contributed by atoms with Crippen LogP contribution in [0, 0.1) is 5.41 Å². The molecule has 1 atom stereocenters. The zero-order chi connectivity index (χ0) is 9.31. The van der Waals surface area contributed by atoms with Crippen molar-refractivity contribution >= 4 is 0 Å². The number of nitrogens with one attached hydrogen (secondary N) is 1. The first-order valence-electron chi connectivity index (χ1n) is 5.22. The quantitative estimate of drug-likeness (QED) is 0.705. The molecule has 2 aliphatic rings. The van der Waals surface area contributed by atoms with Crippen molar-refractivity contribution in [3.05, 3.63) is 0 Å². The Morgan fingerprint density at radius 2 is 2.31 bits per heavy atom. The fourth-order valence-corrected chi connectivity index (χ4v) is 2.00. The monoisotopic (exact) mass is 186 g/mol. The molecule has 1 heterocycles. The van der Waals surface area contributed by atoms with Crippen LogP contribution in [0.1, 0.15) is 19.3 Å². The molecule has 1 unspecified atom stereocenters. The molecule has 1 saturated carbocycles. The van der Waals surface area contributed by atoms with Crippen molar-refractivity contribution in [2.45, 2.75) is 25.3 Å². The summed E-state index contributed by atoms with van der Waals surface area (Å²) >= 11 is 0. The third-order valence-electron chi connectivity index (χ3n) is 3.40. The van der Waals surface area contributed by atoms with E-state index in [2.05, 4.69) is 17.3 Å². The summed E-state index contributed by atoms with van der Waals surface area (Å²) in [7, 11) is 2.14. The standard InChI is InChI=1S/C10H19FN2/c1-13-5-2-9(6-13)12-8-10(7-11)3-4-10/h9,12H,2-8H2,1H3. The van der Waals surface area contributed by atoms with Crippen LogP contribution in [0.25, 0.3) is 0 Å². The predicted octanol–water partition coefficient (Wildman–Crippen LogP) is 1.03. The Labute approximate surface area is 79.5 Å². The number of nitrogens with zero attached hydrogens (tertiary/aromatic N) is 1. The van der Waals surface area contributed by atoms with E-state index < -0.39 is 0 Å². The number of likely N-dealkylation sites (N-methyl/N-ethyl adjacent to an activating group) is 1. The third kappa shape index (κ3) is 2.20. The Kier molecular flexibility index (Phi) is 2.56. The number of alkyl halides is 1. The molecule has 2 rings (SSSR count). The Balaban J connectivity index is 1.68. The molecule has 76 valence electrons. The molecule has 0 amide bonds. The first-order chi connectivity index (χ1) is 6.24. The normalized spacial score (nSPS) is 32.3. The molecule has 13 heavy (non-hydrogen) atoms. The van der Waals surface area contributed by atoms with Crippen LogP contribution in [-0.2, 0) is 0 Å². The van der Waals surface area contributed by atoms with E-state index in [1.807, 2.05) is 0 Å². The second-order valence-corrected chi connectivity index (χ2v) is 4.76. The molecule has 1 N–H and O–H groups in total. The molecular weight excluding hydrogens is 167 g/mol. The van der Waals surface area contributed by atoms with Gasteiger partial charge in [0.05, 0.1) is 6.67 Å². The lowest BCUT2D eigenvalue weighted by molar-refractivity contribution is 0.311.